The lowest BCUT2D eigenvalue weighted by Crippen LogP contribution is -2.05. The Balaban J connectivity index is 3.37. The van der Waals surface area contributed by atoms with Gasteiger partial charge in [-0.15, -0.1) is 0 Å². The van der Waals surface area contributed by atoms with Crippen molar-refractivity contribution in [3.8, 4) is 0 Å². The van der Waals surface area contributed by atoms with Gasteiger partial charge in [0.05, 0.1) is 6.61 Å². The first kappa shape index (κ1) is 15.7. The van der Waals surface area contributed by atoms with E-state index in [2.05, 4.69) is 0 Å². The van der Waals surface area contributed by atoms with Gasteiger partial charge < -0.3 is 9.47 Å². The minimum Gasteiger partial charge on any atom is -0.465 e. The normalized spacial score (nSPS) is 10.5. The van der Waals surface area contributed by atoms with E-state index in [0.29, 0.717) is 32.5 Å². The van der Waals surface area contributed by atoms with Crippen molar-refractivity contribution < 1.29 is 19.1 Å². The van der Waals surface area contributed by atoms with Gasteiger partial charge in [0.1, 0.15) is 6.61 Å². The first-order valence-electron chi connectivity index (χ1n) is 6.16. The Hall–Kier alpha value is -1.32. The van der Waals surface area contributed by atoms with Crippen LogP contribution in [-0.2, 0) is 19.1 Å². The molecule has 98 valence electrons. The monoisotopic (exact) mass is 242 g/mol. The van der Waals surface area contributed by atoms with Crippen LogP contribution in [0.2, 0.25) is 0 Å². The number of hydrogen-bond acceptors (Lipinski definition) is 4. The Labute approximate surface area is 103 Å². The summed E-state index contributed by atoms with van der Waals surface area (Å²) in [4.78, 5) is 21.9. The number of hydrogen-bond donors (Lipinski definition) is 0. The summed E-state index contributed by atoms with van der Waals surface area (Å²) in [6.45, 7) is 4.55. The van der Waals surface area contributed by atoms with Gasteiger partial charge in [-0.05, 0) is 19.3 Å². The SMILES string of the molecule is CCCC(=O)OC/C=C/CCOC(=O)CCC. The van der Waals surface area contributed by atoms with Crippen LogP contribution in [-0.4, -0.2) is 25.2 Å². The smallest absolute Gasteiger partial charge is 0.306 e. The molecule has 0 aromatic carbocycles. The molecule has 0 spiro atoms. The van der Waals surface area contributed by atoms with Crippen molar-refractivity contribution in [2.45, 2.75) is 46.0 Å². The lowest BCUT2D eigenvalue weighted by atomic mass is 10.3. The minimum absolute atomic E-state index is 0.157. The average Bonchev–Trinajstić information content (AvgIpc) is 2.28. The van der Waals surface area contributed by atoms with E-state index >= 15 is 0 Å². The van der Waals surface area contributed by atoms with Crippen LogP contribution in [0.1, 0.15) is 46.0 Å². The maximum Gasteiger partial charge on any atom is 0.306 e. The van der Waals surface area contributed by atoms with Crippen molar-refractivity contribution in [2.24, 2.45) is 0 Å². The van der Waals surface area contributed by atoms with Crippen LogP contribution in [0.3, 0.4) is 0 Å². The van der Waals surface area contributed by atoms with Gasteiger partial charge in [-0.2, -0.15) is 0 Å². The fraction of sp³-hybridized carbons (Fsp3) is 0.692. The van der Waals surface area contributed by atoms with Crippen LogP contribution in [0.15, 0.2) is 12.2 Å². The number of carbonyl (C=O) groups excluding carboxylic acids is 2. The molecule has 0 amide bonds. The fourth-order valence-electron chi connectivity index (χ4n) is 1.12. The highest BCUT2D eigenvalue weighted by atomic mass is 16.5. The zero-order valence-electron chi connectivity index (χ0n) is 10.7. The molecular formula is C13H22O4. The summed E-state index contributed by atoms with van der Waals surface area (Å²) in [5.41, 5.74) is 0. The highest BCUT2D eigenvalue weighted by Gasteiger charge is 1.99. The van der Waals surface area contributed by atoms with Crippen molar-refractivity contribution in [1.82, 2.24) is 0 Å². The molecule has 0 aromatic rings. The van der Waals surface area contributed by atoms with Gasteiger partial charge >= 0.3 is 11.9 Å². The van der Waals surface area contributed by atoms with Crippen molar-refractivity contribution in [3.63, 3.8) is 0 Å². The minimum atomic E-state index is -0.175. The van der Waals surface area contributed by atoms with Crippen LogP contribution in [0.5, 0.6) is 0 Å². The van der Waals surface area contributed by atoms with Gasteiger partial charge in [0, 0.05) is 12.8 Å². The molecular weight excluding hydrogens is 220 g/mol. The predicted molar refractivity (Wildman–Crippen MR) is 65.5 cm³/mol. The topological polar surface area (TPSA) is 52.6 Å². The van der Waals surface area contributed by atoms with Crippen LogP contribution in [0, 0.1) is 0 Å². The van der Waals surface area contributed by atoms with E-state index in [4.69, 9.17) is 9.47 Å². The van der Waals surface area contributed by atoms with Gasteiger partial charge in [-0.1, -0.05) is 26.0 Å². The molecule has 4 heteroatoms. The molecule has 0 bridgehead atoms. The highest BCUT2D eigenvalue weighted by Crippen LogP contribution is 1.94. The Morgan fingerprint density at radius 2 is 1.53 bits per heavy atom. The molecule has 0 rings (SSSR count). The first-order chi connectivity index (χ1) is 8.20. The average molecular weight is 242 g/mol. The summed E-state index contributed by atoms with van der Waals surface area (Å²) in [6.07, 6.45) is 6.80. The molecule has 0 aliphatic heterocycles. The molecule has 0 unspecified atom stereocenters. The molecule has 17 heavy (non-hydrogen) atoms. The van der Waals surface area contributed by atoms with Crippen molar-refractivity contribution in [2.75, 3.05) is 13.2 Å². The molecule has 0 saturated heterocycles. The number of ether oxygens (including phenoxy) is 2. The Morgan fingerprint density at radius 1 is 0.941 bits per heavy atom. The van der Waals surface area contributed by atoms with Gasteiger partial charge in [0.25, 0.3) is 0 Å². The molecule has 0 N–H and O–H groups in total. The quantitative estimate of drug-likeness (QED) is 0.354. The van der Waals surface area contributed by atoms with Gasteiger partial charge in [-0.25, -0.2) is 0 Å². The third kappa shape index (κ3) is 11.0. The maximum atomic E-state index is 11.0. The highest BCUT2D eigenvalue weighted by molar-refractivity contribution is 5.69. The van der Waals surface area contributed by atoms with E-state index in [0.717, 1.165) is 12.8 Å². The number of carbonyl (C=O) groups is 2. The zero-order chi connectivity index (χ0) is 12.9. The Kier molecular flexibility index (Phi) is 10.3. The fourth-order valence-corrected chi connectivity index (χ4v) is 1.12. The first-order valence-corrected chi connectivity index (χ1v) is 6.16. The van der Waals surface area contributed by atoms with Gasteiger partial charge in [0.2, 0.25) is 0 Å². The summed E-state index contributed by atoms with van der Waals surface area (Å²) in [5.74, 6) is -0.332. The summed E-state index contributed by atoms with van der Waals surface area (Å²) >= 11 is 0. The standard InChI is InChI=1S/C13H22O4/c1-3-8-12(14)16-10-6-5-7-11-17-13(15)9-4-2/h5-6H,3-4,7-11H2,1-2H3/b6-5+. The molecule has 0 aliphatic carbocycles. The lowest BCUT2D eigenvalue weighted by molar-refractivity contribution is -0.143. The molecule has 0 heterocycles. The van der Waals surface area contributed by atoms with Crippen LogP contribution < -0.4 is 0 Å². The molecule has 4 nitrogen and oxygen atoms in total. The van der Waals surface area contributed by atoms with Gasteiger partial charge in [0.15, 0.2) is 0 Å². The molecule has 0 saturated carbocycles. The second-order valence-corrected chi connectivity index (χ2v) is 3.66. The van der Waals surface area contributed by atoms with Crippen molar-refractivity contribution >= 4 is 11.9 Å². The Bertz CT molecular complexity index is 246. The second kappa shape index (κ2) is 11.2. The maximum absolute atomic E-state index is 11.0. The summed E-state index contributed by atoms with van der Waals surface area (Å²) < 4.78 is 9.87. The Morgan fingerprint density at radius 3 is 2.12 bits per heavy atom. The summed E-state index contributed by atoms with van der Waals surface area (Å²) in [6, 6.07) is 0. The van der Waals surface area contributed by atoms with E-state index in [-0.39, 0.29) is 11.9 Å². The number of esters is 2. The largest absolute Gasteiger partial charge is 0.465 e. The third-order valence-electron chi connectivity index (χ3n) is 1.96. The van der Waals surface area contributed by atoms with Crippen LogP contribution in [0.4, 0.5) is 0 Å². The predicted octanol–water partition coefficient (Wildman–Crippen LogP) is 2.62. The van der Waals surface area contributed by atoms with E-state index in [1.807, 2.05) is 19.9 Å². The zero-order valence-corrected chi connectivity index (χ0v) is 10.7. The molecule has 0 fully saturated rings. The molecule has 0 radical (unpaired) electrons. The second-order valence-electron chi connectivity index (χ2n) is 3.66. The van der Waals surface area contributed by atoms with Crippen LogP contribution >= 0.6 is 0 Å². The van der Waals surface area contributed by atoms with Gasteiger partial charge in [-0.3, -0.25) is 9.59 Å². The van der Waals surface area contributed by atoms with Crippen molar-refractivity contribution in [3.05, 3.63) is 12.2 Å². The van der Waals surface area contributed by atoms with Crippen LogP contribution in [0.25, 0.3) is 0 Å². The van der Waals surface area contributed by atoms with E-state index in [1.54, 1.807) is 6.08 Å². The lowest BCUT2D eigenvalue weighted by Gasteiger charge is -2.01. The van der Waals surface area contributed by atoms with E-state index in [9.17, 15) is 9.59 Å². The number of rotatable bonds is 9. The third-order valence-corrected chi connectivity index (χ3v) is 1.96. The molecule has 0 aliphatic rings. The van der Waals surface area contributed by atoms with E-state index < -0.39 is 0 Å². The molecule has 0 atom stereocenters. The van der Waals surface area contributed by atoms with E-state index in [1.165, 1.54) is 0 Å². The summed E-state index contributed by atoms with van der Waals surface area (Å²) in [7, 11) is 0. The molecule has 0 aromatic heterocycles. The van der Waals surface area contributed by atoms with Crippen molar-refractivity contribution in [1.29, 1.82) is 0 Å². The summed E-state index contributed by atoms with van der Waals surface area (Å²) in [5, 5.41) is 0.